The van der Waals surface area contributed by atoms with Crippen molar-refractivity contribution in [3.05, 3.63) is 35.5 Å². The van der Waals surface area contributed by atoms with Crippen molar-refractivity contribution in [2.45, 2.75) is 12.5 Å². The van der Waals surface area contributed by atoms with Crippen LogP contribution in [0.2, 0.25) is 0 Å². The molecule has 0 aromatic heterocycles. The maximum atomic E-state index is 9.06. The first kappa shape index (κ1) is 7.77. The lowest BCUT2D eigenvalue weighted by Crippen LogP contribution is -2.35. The van der Waals surface area contributed by atoms with Gasteiger partial charge in [0.25, 0.3) is 0 Å². The van der Waals surface area contributed by atoms with Gasteiger partial charge in [-0.2, -0.15) is 0 Å². The van der Waals surface area contributed by atoms with Crippen LogP contribution in [0.5, 0.6) is 0 Å². The molecule has 0 spiro atoms. The SMILES string of the molecule is OCC1=C2C=CCNC2CC=C1. The molecule has 0 fully saturated rings. The minimum atomic E-state index is 0.147. The summed E-state index contributed by atoms with van der Waals surface area (Å²) in [4.78, 5) is 0. The van der Waals surface area contributed by atoms with E-state index in [1.54, 1.807) is 0 Å². The highest BCUT2D eigenvalue weighted by atomic mass is 16.3. The Balaban J connectivity index is 2.35. The van der Waals surface area contributed by atoms with E-state index in [2.05, 4.69) is 23.5 Å². The third kappa shape index (κ3) is 1.24. The summed E-state index contributed by atoms with van der Waals surface area (Å²) in [6.45, 7) is 1.09. The highest BCUT2D eigenvalue weighted by Gasteiger charge is 2.18. The highest BCUT2D eigenvalue weighted by molar-refractivity contribution is 5.42. The normalized spacial score (nSPS) is 27.6. The van der Waals surface area contributed by atoms with Crippen molar-refractivity contribution in [3.8, 4) is 0 Å². The van der Waals surface area contributed by atoms with Crippen molar-refractivity contribution in [2.75, 3.05) is 13.2 Å². The van der Waals surface area contributed by atoms with Crippen LogP contribution in [0.15, 0.2) is 35.5 Å². The molecule has 0 saturated carbocycles. The van der Waals surface area contributed by atoms with Crippen molar-refractivity contribution in [3.63, 3.8) is 0 Å². The van der Waals surface area contributed by atoms with Gasteiger partial charge in [0, 0.05) is 12.6 Å². The minimum Gasteiger partial charge on any atom is -0.392 e. The number of aliphatic hydroxyl groups is 1. The molecule has 2 N–H and O–H groups in total. The van der Waals surface area contributed by atoms with E-state index in [4.69, 9.17) is 5.11 Å². The molecule has 0 saturated heterocycles. The Morgan fingerprint density at radius 2 is 2.33 bits per heavy atom. The van der Waals surface area contributed by atoms with Crippen LogP contribution in [-0.2, 0) is 0 Å². The molecular formula is C10H13NO. The summed E-state index contributed by atoms with van der Waals surface area (Å²) in [5.41, 5.74) is 2.31. The van der Waals surface area contributed by atoms with Gasteiger partial charge in [-0.15, -0.1) is 0 Å². The Labute approximate surface area is 72.3 Å². The molecule has 1 unspecified atom stereocenters. The van der Waals surface area contributed by atoms with Gasteiger partial charge in [0.05, 0.1) is 6.61 Å². The Morgan fingerprint density at radius 3 is 3.17 bits per heavy atom. The third-order valence-electron chi connectivity index (χ3n) is 2.39. The van der Waals surface area contributed by atoms with Gasteiger partial charge in [-0.3, -0.25) is 0 Å². The zero-order valence-electron chi connectivity index (χ0n) is 6.96. The summed E-state index contributed by atoms with van der Waals surface area (Å²) >= 11 is 0. The second-order valence-electron chi connectivity index (χ2n) is 3.14. The summed E-state index contributed by atoms with van der Waals surface area (Å²) in [5, 5.41) is 12.4. The number of fused-ring (bicyclic) bond motifs is 1. The second kappa shape index (κ2) is 3.25. The Hall–Kier alpha value is -0.860. The van der Waals surface area contributed by atoms with Crippen LogP contribution in [0.25, 0.3) is 0 Å². The molecule has 1 aliphatic heterocycles. The third-order valence-corrected chi connectivity index (χ3v) is 2.39. The van der Waals surface area contributed by atoms with Crippen LogP contribution < -0.4 is 5.32 Å². The fourth-order valence-electron chi connectivity index (χ4n) is 1.75. The zero-order valence-corrected chi connectivity index (χ0v) is 6.96. The molecule has 0 aromatic carbocycles. The number of hydrogen-bond acceptors (Lipinski definition) is 2. The van der Waals surface area contributed by atoms with Crippen molar-refractivity contribution in [2.24, 2.45) is 0 Å². The molecule has 1 atom stereocenters. The van der Waals surface area contributed by atoms with Crippen molar-refractivity contribution < 1.29 is 5.11 Å². The van der Waals surface area contributed by atoms with Crippen molar-refractivity contribution in [1.82, 2.24) is 5.32 Å². The van der Waals surface area contributed by atoms with Crippen LogP contribution in [-0.4, -0.2) is 24.3 Å². The van der Waals surface area contributed by atoms with Crippen LogP contribution in [0.4, 0.5) is 0 Å². The number of aliphatic hydroxyl groups excluding tert-OH is 1. The first-order valence-corrected chi connectivity index (χ1v) is 4.32. The molecule has 0 bridgehead atoms. The van der Waals surface area contributed by atoms with Crippen LogP contribution >= 0.6 is 0 Å². The molecule has 2 heteroatoms. The van der Waals surface area contributed by atoms with E-state index in [0.717, 1.165) is 18.5 Å². The maximum absolute atomic E-state index is 9.06. The fraction of sp³-hybridized carbons (Fsp3) is 0.400. The largest absolute Gasteiger partial charge is 0.392 e. The van der Waals surface area contributed by atoms with Crippen LogP contribution in [0.1, 0.15) is 6.42 Å². The zero-order chi connectivity index (χ0) is 8.39. The Morgan fingerprint density at radius 1 is 1.42 bits per heavy atom. The van der Waals surface area contributed by atoms with Gasteiger partial charge in [-0.25, -0.2) is 0 Å². The topological polar surface area (TPSA) is 32.3 Å². The van der Waals surface area contributed by atoms with Crippen molar-refractivity contribution >= 4 is 0 Å². The molecule has 12 heavy (non-hydrogen) atoms. The molecule has 1 heterocycles. The molecule has 64 valence electrons. The first-order valence-electron chi connectivity index (χ1n) is 4.32. The molecule has 2 nitrogen and oxygen atoms in total. The van der Waals surface area contributed by atoms with Gasteiger partial charge < -0.3 is 10.4 Å². The second-order valence-corrected chi connectivity index (χ2v) is 3.14. The first-order chi connectivity index (χ1) is 5.92. The Bertz CT molecular complexity index is 263. The predicted octanol–water partition coefficient (Wildman–Crippen LogP) is 0.763. The lowest BCUT2D eigenvalue weighted by molar-refractivity contribution is 0.332. The quantitative estimate of drug-likeness (QED) is 0.598. The summed E-state index contributed by atoms with van der Waals surface area (Å²) in [6.07, 6.45) is 9.40. The summed E-state index contributed by atoms with van der Waals surface area (Å²) in [5.74, 6) is 0. The van der Waals surface area contributed by atoms with E-state index in [-0.39, 0.29) is 6.61 Å². The summed E-state index contributed by atoms with van der Waals surface area (Å²) < 4.78 is 0. The number of hydrogen-bond donors (Lipinski definition) is 2. The fourth-order valence-corrected chi connectivity index (χ4v) is 1.75. The molecule has 0 aromatic rings. The molecular weight excluding hydrogens is 150 g/mol. The highest BCUT2D eigenvalue weighted by Crippen LogP contribution is 2.22. The van der Waals surface area contributed by atoms with E-state index in [1.165, 1.54) is 5.57 Å². The molecule has 0 radical (unpaired) electrons. The van der Waals surface area contributed by atoms with E-state index in [0.29, 0.717) is 6.04 Å². The van der Waals surface area contributed by atoms with Gasteiger partial charge in [0.1, 0.15) is 0 Å². The summed E-state index contributed by atoms with van der Waals surface area (Å²) in [6, 6.07) is 0.433. The molecule has 1 aliphatic carbocycles. The average Bonchev–Trinajstić information content (AvgIpc) is 2.17. The van der Waals surface area contributed by atoms with E-state index < -0.39 is 0 Å². The lowest BCUT2D eigenvalue weighted by Gasteiger charge is -2.26. The van der Waals surface area contributed by atoms with E-state index >= 15 is 0 Å². The van der Waals surface area contributed by atoms with E-state index in [1.807, 2.05) is 6.08 Å². The number of nitrogens with one attached hydrogen (secondary N) is 1. The molecule has 0 amide bonds. The van der Waals surface area contributed by atoms with Gasteiger partial charge in [-0.1, -0.05) is 24.3 Å². The molecule has 2 aliphatic rings. The van der Waals surface area contributed by atoms with Gasteiger partial charge in [0.2, 0.25) is 0 Å². The monoisotopic (exact) mass is 163 g/mol. The average molecular weight is 163 g/mol. The maximum Gasteiger partial charge on any atom is 0.0685 e. The van der Waals surface area contributed by atoms with Crippen LogP contribution in [0, 0.1) is 0 Å². The molecule has 2 rings (SSSR count). The number of rotatable bonds is 1. The minimum absolute atomic E-state index is 0.147. The van der Waals surface area contributed by atoms with Gasteiger partial charge in [-0.05, 0) is 17.6 Å². The van der Waals surface area contributed by atoms with Gasteiger partial charge in [0.15, 0.2) is 0 Å². The predicted molar refractivity (Wildman–Crippen MR) is 48.8 cm³/mol. The summed E-state index contributed by atoms with van der Waals surface area (Å²) in [7, 11) is 0. The Kier molecular flexibility index (Phi) is 2.11. The van der Waals surface area contributed by atoms with Crippen LogP contribution in [0.3, 0.4) is 0 Å². The standard InChI is InChI=1S/C10H13NO/c12-7-8-3-1-5-10-9(8)4-2-6-11-10/h1-4,10-12H,5-7H2. The smallest absolute Gasteiger partial charge is 0.0685 e. The van der Waals surface area contributed by atoms with E-state index in [9.17, 15) is 0 Å². The lowest BCUT2D eigenvalue weighted by atomic mass is 9.91. The van der Waals surface area contributed by atoms with Gasteiger partial charge >= 0.3 is 0 Å². The van der Waals surface area contributed by atoms with Crippen molar-refractivity contribution in [1.29, 1.82) is 0 Å².